The van der Waals surface area contributed by atoms with E-state index in [1.54, 1.807) is 0 Å². The zero-order chi connectivity index (χ0) is 19.5. The fourth-order valence-corrected chi connectivity index (χ4v) is 3.30. The average molecular weight is 380 g/mol. The van der Waals surface area contributed by atoms with E-state index in [4.69, 9.17) is 10.5 Å². The van der Waals surface area contributed by atoms with E-state index in [2.05, 4.69) is 22.8 Å². The molecule has 3 atom stereocenters. The van der Waals surface area contributed by atoms with Gasteiger partial charge >= 0.3 is 5.97 Å². The maximum absolute atomic E-state index is 11.2. The number of carbonyl (C=O) groups is 1. The fourth-order valence-electron chi connectivity index (χ4n) is 3.30. The van der Waals surface area contributed by atoms with Gasteiger partial charge in [-0.2, -0.15) is 0 Å². The van der Waals surface area contributed by atoms with Crippen molar-refractivity contribution in [3.8, 4) is 5.75 Å². The van der Waals surface area contributed by atoms with E-state index in [1.807, 2.05) is 12.1 Å². The van der Waals surface area contributed by atoms with E-state index in [0.29, 0.717) is 38.7 Å². The van der Waals surface area contributed by atoms with Crippen molar-refractivity contribution in [3.63, 3.8) is 0 Å². The molecule has 6 N–H and O–H groups in total. The van der Waals surface area contributed by atoms with E-state index in [1.165, 1.54) is 5.56 Å². The lowest BCUT2D eigenvalue weighted by Crippen LogP contribution is -2.37. The third-order valence-corrected chi connectivity index (χ3v) is 4.83. The summed E-state index contributed by atoms with van der Waals surface area (Å²) < 4.78 is 5.73. The molecule has 1 fully saturated rings. The first-order chi connectivity index (χ1) is 13.1. The predicted octanol–water partition coefficient (Wildman–Crippen LogP) is 0.893. The summed E-state index contributed by atoms with van der Waals surface area (Å²) in [7, 11) is 0. The molecule has 152 valence electrons. The number of aliphatic hydroxyl groups excluding tert-OH is 1. The summed E-state index contributed by atoms with van der Waals surface area (Å²) in [6.45, 7) is 2.42. The van der Waals surface area contributed by atoms with E-state index < -0.39 is 12.0 Å². The Labute approximate surface area is 161 Å². The molecule has 0 saturated carbocycles. The molecule has 0 unspecified atom stereocenters. The lowest BCUT2D eigenvalue weighted by atomic mass is 10.0. The number of carboxylic acid groups (broad SMARTS) is 1. The molecule has 0 spiro atoms. The number of nitrogens with one attached hydrogen (secondary N) is 2. The molecule has 27 heavy (non-hydrogen) atoms. The monoisotopic (exact) mass is 379 g/mol. The Morgan fingerprint density at radius 1 is 1.30 bits per heavy atom. The molecule has 1 aliphatic rings. The molecule has 7 nitrogen and oxygen atoms in total. The molecule has 1 aromatic rings. The highest BCUT2D eigenvalue weighted by Gasteiger charge is 2.21. The number of hydrogen-bond acceptors (Lipinski definition) is 6. The number of aliphatic hydroxyl groups is 1. The van der Waals surface area contributed by atoms with Gasteiger partial charge in [0.2, 0.25) is 0 Å². The van der Waals surface area contributed by atoms with Crippen molar-refractivity contribution in [2.45, 2.75) is 56.7 Å². The van der Waals surface area contributed by atoms with Crippen molar-refractivity contribution in [2.24, 2.45) is 5.73 Å². The molecule has 1 heterocycles. The zero-order valence-electron chi connectivity index (χ0n) is 15.9. The summed E-state index contributed by atoms with van der Waals surface area (Å²) in [6.07, 6.45) is 4.48. The van der Waals surface area contributed by atoms with Crippen molar-refractivity contribution in [1.29, 1.82) is 0 Å². The highest BCUT2D eigenvalue weighted by atomic mass is 16.5. The van der Waals surface area contributed by atoms with Gasteiger partial charge in [0, 0.05) is 12.6 Å². The second kappa shape index (κ2) is 11.9. The molecular weight excluding hydrogens is 346 g/mol. The van der Waals surface area contributed by atoms with Gasteiger partial charge in [0.1, 0.15) is 11.8 Å². The SMILES string of the molecule is NCCCC[C@H](NCCCOc1ccc(C[C@@H]2C[C@@H](O)CN2)cc1)C(=O)O. The molecule has 0 bridgehead atoms. The van der Waals surface area contributed by atoms with Crippen LogP contribution in [0.4, 0.5) is 0 Å². The summed E-state index contributed by atoms with van der Waals surface area (Å²) in [6, 6.07) is 7.85. The van der Waals surface area contributed by atoms with Gasteiger partial charge in [-0.25, -0.2) is 0 Å². The van der Waals surface area contributed by atoms with Gasteiger partial charge in [-0.3, -0.25) is 4.79 Å². The largest absolute Gasteiger partial charge is 0.494 e. The first-order valence-corrected chi connectivity index (χ1v) is 9.88. The number of ether oxygens (including phenoxy) is 1. The molecule has 7 heteroatoms. The van der Waals surface area contributed by atoms with Crippen LogP contribution in [0.15, 0.2) is 24.3 Å². The minimum Gasteiger partial charge on any atom is -0.494 e. The predicted molar refractivity (Wildman–Crippen MR) is 105 cm³/mol. The second-order valence-electron chi connectivity index (χ2n) is 7.17. The van der Waals surface area contributed by atoms with Crippen molar-refractivity contribution >= 4 is 5.97 Å². The Morgan fingerprint density at radius 3 is 2.70 bits per heavy atom. The quantitative estimate of drug-likeness (QED) is 0.323. The lowest BCUT2D eigenvalue weighted by molar-refractivity contribution is -0.139. The van der Waals surface area contributed by atoms with E-state index in [-0.39, 0.29) is 6.10 Å². The Kier molecular flexibility index (Phi) is 9.55. The smallest absolute Gasteiger partial charge is 0.320 e. The van der Waals surface area contributed by atoms with Gasteiger partial charge in [0.25, 0.3) is 0 Å². The van der Waals surface area contributed by atoms with Gasteiger partial charge in [-0.05, 0) is 62.9 Å². The van der Waals surface area contributed by atoms with Crippen molar-refractivity contribution in [1.82, 2.24) is 10.6 Å². The van der Waals surface area contributed by atoms with Gasteiger partial charge < -0.3 is 31.3 Å². The molecule has 0 radical (unpaired) electrons. The van der Waals surface area contributed by atoms with Crippen molar-refractivity contribution in [3.05, 3.63) is 29.8 Å². The normalized spacial score (nSPS) is 20.5. The van der Waals surface area contributed by atoms with E-state index in [0.717, 1.165) is 37.9 Å². The van der Waals surface area contributed by atoms with Crippen LogP contribution in [0, 0.1) is 0 Å². The fraction of sp³-hybridized carbons (Fsp3) is 0.650. The standard InChI is InChI=1S/C20H33N3O4/c21-9-2-1-4-19(20(25)26)22-10-3-11-27-18-7-5-15(6-8-18)12-16-13-17(24)14-23-16/h5-8,16-17,19,22-24H,1-4,9-14,21H2,(H,25,26)/t16-,17-,19+/m1/s1. The maximum atomic E-state index is 11.2. The van der Waals surface area contributed by atoms with Crippen LogP contribution in [0.2, 0.25) is 0 Å². The number of hydrogen-bond donors (Lipinski definition) is 5. The zero-order valence-corrected chi connectivity index (χ0v) is 15.9. The first kappa shape index (κ1) is 21.6. The van der Waals surface area contributed by atoms with Crippen molar-refractivity contribution in [2.75, 3.05) is 26.2 Å². The number of aliphatic carboxylic acids is 1. The summed E-state index contributed by atoms with van der Waals surface area (Å²) in [4.78, 5) is 11.2. The van der Waals surface area contributed by atoms with Crippen LogP contribution >= 0.6 is 0 Å². The average Bonchev–Trinajstić information content (AvgIpc) is 3.06. The molecule has 1 aromatic carbocycles. The van der Waals surface area contributed by atoms with Gasteiger partial charge in [-0.15, -0.1) is 0 Å². The number of benzene rings is 1. The van der Waals surface area contributed by atoms with E-state index in [9.17, 15) is 15.0 Å². The Morgan fingerprint density at radius 2 is 2.07 bits per heavy atom. The van der Waals surface area contributed by atoms with Crippen LogP contribution in [0.25, 0.3) is 0 Å². The highest BCUT2D eigenvalue weighted by Crippen LogP contribution is 2.16. The number of β-amino-alcohol motifs (C(OH)–C–C–N with tert-alkyl or cyclic N) is 1. The Balaban J connectivity index is 1.61. The first-order valence-electron chi connectivity index (χ1n) is 9.88. The number of unbranched alkanes of at least 4 members (excludes halogenated alkanes) is 1. The van der Waals surface area contributed by atoms with Gasteiger partial charge in [0.15, 0.2) is 0 Å². The minimum absolute atomic E-state index is 0.229. The van der Waals surface area contributed by atoms with Crippen LogP contribution < -0.4 is 21.1 Å². The molecule has 0 amide bonds. The van der Waals surface area contributed by atoms with Crippen LogP contribution in [0.3, 0.4) is 0 Å². The maximum Gasteiger partial charge on any atom is 0.320 e. The molecule has 0 aliphatic carbocycles. The lowest BCUT2D eigenvalue weighted by Gasteiger charge is -2.14. The highest BCUT2D eigenvalue weighted by molar-refractivity contribution is 5.73. The Hall–Kier alpha value is -1.67. The van der Waals surface area contributed by atoms with Crippen LogP contribution in [-0.2, 0) is 11.2 Å². The topological polar surface area (TPSA) is 117 Å². The summed E-state index contributed by atoms with van der Waals surface area (Å²) in [5.41, 5.74) is 6.66. The van der Waals surface area contributed by atoms with Crippen LogP contribution in [0.5, 0.6) is 5.75 Å². The summed E-state index contributed by atoms with van der Waals surface area (Å²) >= 11 is 0. The van der Waals surface area contributed by atoms with Gasteiger partial charge in [0.05, 0.1) is 12.7 Å². The van der Waals surface area contributed by atoms with Crippen molar-refractivity contribution < 1.29 is 19.7 Å². The number of carboxylic acids is 1. The molecule has 0 aromatic heterocycles. The number of nitrogens with two attached hydrogens (primary N) is 1. The van der Waals surface area contributed by atoms with Crippen LogP contribution in [-0.4, -0.2) is 60.6 Å². The summed E-state index contributed by atoms with van der Waals surface area (Å²) in [5.74, 6) is 0.00342. The van der Waals surface area contributed by atoms with Gasteiger partial charge in [-0.1, -0.05) is 18.6 Å². The molecule has 1 saturated heterocycles. The molecule has 2 rings (SSSR count). The third-order valence-electron chi connectivity index (χ3n) is 4.83. The molecular formula is C20H33N3O4. The second-order valence-corrected chi connectivity index (χ2v) is 7.17. The minimum atomic E-state index is -0.812. The number of rotatable bonds is 13. The molecule has 1 aliphatic heterocycles. The van der Waals surface area contributed by atoms with Crippen LogP contribution in [0.1, 0.15) is 37.7 Å². The van der Waals surface area contributed by atoms with E-state index >= 15 is 0 Å². The third kappa shape index (κ3) is 8.26. The summed E-state index contributed by atoms with van der Waals surface area (Å²) in [5, 5.41) is 25.1. The Bertz CT molecular complexity index is 553.